The average Bonchev–Trinajstić information content (AvgIpc) is 2.91. The number of allylic oxidation sites excluding steroid dienone is 1. The molecule has 2 N–H and O–H groups in total. The lowest BCUT2D eigenvalue weighted by molar-refractivity contribution is -0.155. The Morgan fingerprint density at radius 1 is 1.26 bits per heavy atom. The maximum Gasteiger partial charge on any atom is 0.310 e. The maximum atomic E-state index is 13.1. The van der Waals surface area contributed by atoms with E-state index in [1.54, 1.807) is 6.92 Å². The highest BCUT2D eigenvalue weighted by Crippen LogP contribution is 2.44. The maximum absolute atomic E-state index is 13.1. The first-order valence-corrected chi connectivity index (χ1v) is 10.0. The van der Waals surface area contributed by atoms with Gasteiger partial charge >= 0.3 is 5.97 Å². The second-order valence-electron chi connectivity index (χ2n) is 7.32. The monoisotopic (exact) mass is 380 g/mol. The van der Waals surface area contributed by atoms with Gasteiger partial charge in [0.25, 0.3) is 0 Å². The first kappa shape index (κ1) is 21.4. The lowest BCUT2D eigenvalue weighted by atomic mass is 9.70. The van der Waals surface area contributed by atoms with Crippen LogP contribution >= 0.6 is 0 Å². The summed E-state index contributed by atoms with van der Waals surface area (Å²) < 4.78 is 5.20. The van der Waals surface area contributed by atoms with Crippen LogP contribution in [0.2, 0.25) is 0 Å². The lowest BCUT2D eigenvalue weighted by Crippen LogP contribution is -2.48. The van der Waals surface area contributed by atoms with E-state index in [4.69, 9.17) is 4.74 Å². The lowest BCUT2D eigenvalue weighted by Gasteiger charge is -2.32. The molecule has 0 radical (unpaired) electrons. The Balaban J connectivity index is 2.26. The summed E-state index contributed by atoms with van der Waals surface area (Å²) in [7, 11) is 0. The highest BCUT2D eigenvalue weighted by atomic mass is 16.5. The van der Waals surface area contributed by atoms with Gasteiger partial charge in [0.05, 0.1) is 25.0 Å². The van der Waals surface area contributed by atoms with Crippen LogP contribution in [0.4, 0.5) is 0 Å². The van der Waals surface area contributed by atoms with Crippen LogP contribution in [0, 0.1) is 23.7 Å². The number of amides is 2. The van der Waals surface area contributed by atoms with Gasteiger partial charge in [0.15, 0.2) is 0 Å². The molecule has 7 heteroatoms. The van der Waals surface area contributed by atoms with E-state index < -0.39 is 23.8 Å². The van der Waals surface area contributed by atoms with Crippen molar-refractivity contribution in [3.8, 4) is 0 Å². The number of carbonyl (C=O) groups is 3. The van der Waals surface area contributed by atoms with Gasteiger partial charge < -0.3 is 20.1 Å². The number of carbonyl (C=O) groups excluding carboxylic acids is 3. The van der Waals surface area contributed by atoms with Crippen molar-refractivity contribution in [1.82, 2.24) is 10.2 Å². The van der Waals surface area contributed by atoms with Crippen LogP contribution in [0.25, 0.3) is 0 Å². The van der Waals surface area contributed by atoms with Gasteiger partial charge in [-0.1, -0.05) is 38.8 Å². The van der Waals surface area contributed by atoms with Crippen molar-refractivity contribution in [2.75, 3.05) is 26.3 Å². The number of β-amino-alcohol motifs (C(OH)–C–C–N with tert-alkyl or cyclic N) is 1. The molecule has 2 rings (SSSR count). The summed E-state index contributed by atoms with van der Waals surface area (Å²) in [5.41, 5.74) is 0. The molecule has 0 aromatic heterocycles. The number of aliphatic hydroxyl groups is 1. The number of esters is 1. The van der Waals surface area contributed by atoms with Crippen molar-refractivity contribution in [2.24, 2.45) is 23.7 Å². The summed E-state index contributed by atoms with van der Waals surface area (Å²) >= 11 is 0. The minimum absolute atomic E-state index is 0.0800. The normalized spacial score (nSPS) is 29.6. The molecule has 0 aromatic carbocycles. The molecule has 1 aliphatic heterocycles. The van der Waals surface area contributed by atoms with Crippen LogP contribution < -0.4 is 5.32 Å². The van der Waals surface area contributed by atoms with E-state index >= 15 is 0 Å². The molecule has 2 amide bonds. The summed E-state index contributed by atoms with van der Waals surface area (Å²) in [6.45, 7) is 6.37. The zero-order valence-electron chi connectivity index (χ0n) is 16.5. The van der Waals surface area contributed by atoms with Crippen molar-refractivity contribution in [1.29, 1.82) is 0 Å². The van der Waals surface area contributed by atoms with Crippen LogP contribution in [-0.4, -0.2) is 60.1 Å². The molecule has 5 atom stereocenters. The van der Waals surface area contributed by atoms with Gasteiger partial charge in [-0.05, 0) is 19.3 Å². The first-order chi connectivity index (χ1) is 13.0. The van der Waals surface area contributed by atoms with E-state index in [0.29, 0.717) is 6.54 Å². The minimum Gasteiger partial charge on any atom is -0.466 e. The Hall–Kier alpha value is -1.89. The van der Waals surface area contributed by atoms with E-state index in [2.05, 4.69) is 12.2 Å². The fourth-order valence-electron chi connectivity index (χ4n) is 4.23. The van der Waals surface area contributed by atoms with E-state index in [-0.39, 0.29) is 43.4 Å². The number of unbranched alkanes of at least 4 members (excludes halogenated alkanes) is 2. The second kappa shape index (κ2) is 9.88. The Morgan fingerprint density at radius 3 is 2.63 bits per heavy atom. The number of rotatable bonds is 9. The summed E-state index contributed by atoms with van der Waals surface area (Å²) in [4.78, 5) is 39.9. The molecule has 0 aromatic rings. The van der Waals surface area contributed by atoms with Crippen LogP contribution in [0.5, 0.6) is 0 Å². The Morgan fingerprint density at radius 2 is 2.00 bits per heavy atom. The van der Waals surface area contributed by atoms with Gasteiger partial charge in [-0.2, -0.15) is 0 Å². The molecular formula is C20H32N2O5. The fraction of sp³-hybridized carbons (Fsp3) is 0.750. The highest BCUT2D eigenvalue weighted by molar-refractivity contribution is 5.96. The standard InChI is InChI=1S/C20H32N2O5/c1-4-6-7-10-21-18(24)17-14-9-8-13(3)15(20(26)27-5-2)16(14)19(25)22(17)11-12-23/h8-9,13-17,23H,4-7,10-12H2,1-3H3,(H,21,24)/t13-,14+,15-,16-,17+/m1/s1. The molecule has 0 unspecified atom stereocenters. The van der Waals surface area contributed by atoms with Crippen LogP contribution in [0.1, 0.15) is 40.0 Å². The first-order valence-electron chi connectivity index (χ1n) is 10.0. The number of aliphatic hydroxyl groups excluding tert-OH is 1. The summed E-state index contributed by atoms with van der Waals surface area (Å²) in [6.07, 6.45) is 6.75. The van der Waals surface area contributed by atoms with Crippen LogP contribution in [0.3, 0.4) is 0 Å². The molecule has 27 heavy (non-hydrogen) atoms. The van der Waals surface area contributed by atoms with Gasteiger partial charge in [0.2, 0.25) is 11.8 Å². The second-order valence-corrected chi connectivity index (χ2v) is 7.32. The molecular weight excluding hydrogens is 348 g/mol. The predicted molar refractivity (Wildman–Crippen MR) is 101 cm³/mol. The van der Waals surface area contributed by atoms with Crippen molar-refractivity contribution in [3.63, 3.8) is 0 Å². The summed E-state index contributed by atoms with van der Waals surface area (Å²) in [6, 6.07) is -0.697. The van der Waals surface area contributed by atoms with Crippen molar-refractivity contribution >= 4 is 17.8 Å². The third-order valence-electron chi connectivity index (χ3n) is 5.52. The minimum atomic E-state index is -0.697. The number of nitrogens with zero attached hydrogens (tertiary/aromatic N) is 1. The molecule has 7 nitrogen and oxygen atoms in total. The molecule has 0 spiro atoms. The molecule has 1 fully saturated rings. The number of hydrogen-bond donors (Lipinski definition) is 2. The smallest absolute Gasteiger partial charge is 0.310 e. The van der Waals surface area contributed by atoms with Crippen molar-refractivity contribution in [3.05, 3.63) is 12.2 Å². The average molecular weight is 380 g/mol. The molecule has 1 heterocycles. The third-order valence-corrected chi connectivity index (χ3v) is 5.52. The van der Waals surface area contributed by atoms with Crippen LogP contribution in [-0.2, 0) is 19.1 Å². The van der Waals surface area contributed by atoms with E-state index in [0.717, 1.165) is 19.3 Å². The predicted octanol–water partition coefficient (Wildman–Crippen LogP) is 1.11. The van der Waals surface area contributed by atoms with Gasteiger partial charge in [0, 0.05) is 19.0 Å². The van der Waals surface area contributed by atoms with Gasteiger partial charge in [-0.3, -0.25) is 14.4 Å². The highest BCUT2D eigenvalue weighted by Gasteiger charge is 2.56. The zero-order chi connectivity index (χ0) is 20.0. The van der Waals surface area contributed by atoms with E-state index in [1.807, 2.05) is 19.1 Å². The molecule has 1 saturated heterocycles. The van der Waals surface area contributed by atoms with Gasteiger partial charge in [-0.25, -0.2) is 0 Å². The van der Waals surface area contributed by atoms with Crippen molar-refractivity contribution in [2.45, 2.75) is 46.1 Å². The number of fused-ring (bicyclic) bond motifs is 1. The molecule has 152 valence electrons. The number of ether oxygens (including phenoxy) is 1. The Bertz CT molecular complexity index is 577. The third kappa shape index (κ3) is 4.51. The molecule has 0 saturated carbocycles. The van der Waals surface area contributed by atoms with Crippen molar-refractivity contribution < 1.29 is 24.2 Å². The van der Waals surface area contributed by atoms with E-state index in [9.17, 15) is 19.5 Å². The SMILES string of the molecule is CCCCCNC(=O)[C@@H]1[C@H]2C=C[C@@H](C)[C@@H](C(=O)OCC)[C@@H]2C(=O)N1CCO. The Labute approximate surface area is 161 Å². The van der Waals surface area contributed by atoms with E-state index in [1.165, 1.54) is 4.90 Å². The quantitative estimate of drug-likeness (QED) is 0.355. The number of hydrogen-bond acceptors (Lipinski definition) is 5. The summed E-state index contributed by atoms with van der Waals surface area (Å²) in [5.74, 6) is -2.63. The molecule has 1 aliphatic carbocycles. The van der Waals surface area contributed by atoms with Crippen LogP contribution in [0.15, 0.2) is 12.2 Å². The largest absolute Gasteiger partial charge is 0.466 e. The fourth-order valence-corrected chi connectivity index (χ4v) is 4.23. The Kier molecular flexibility index (Phi) is 7.83. The molecule has 0 bridgehead atoms. The zero-order valence-corrected chi connectivity index (χ0v) is 16.5. The van der Waals surface area contributed by atoms with Gasteiger partial charge in [0.1, 0.15) is 6.04 Å². The van der Waals surface area contributed by atoms with Gasteiger partial charge in [-0.15, -0.1) is 0 Å². The number of likely N-dealkylation sites (tertiary alicyclic amines) is 1. The summed E-state index contributed by atoms with van der Waals surface area (Å²) in [5, 5.41) is 12.3. The topological polar surface area (TPSA) is 95.9 Å². The number of nitrogens with one attached hydrogen (secondary N) is 1. The molecule has 2 aliphatic rings.